The Hall–Kier alpha value is -1.42. The van der Waals surface area contributed by atoms with Crippen molar-refractivity contribution in [3.63, 3.8) is 0 Å². The van der Waals surface area contributed by atoms with Crippen LogP contribution >= 0.6 is 0 Å². The summed E-state index contributed by atoms with van der Waals surface area (Å²) < 4.78 is 18.6. The van der Waals surface area contributed by atoms with Crippen LogP contribution in [0.1, 0.15) is 25.3 Å². The minimum atomic E-state index is -0.483. The molecule has 98 valence electrons. The van der Waals surface area contributed by atoms with Gasteiger partial charge in [0, 0.05) is 12.1 Å². The summed E-state index contributed by atoms with van der Waals surface area (Å²) in [5, 5.41) is 3.19. The van der Waals surface area contributed by atoms with Crippen LogP contribution in [0.3, 0.4) is 0 Å². The predicted octanol–water partition coefficient (Wildman–Crippen LogP) is 2.26. The van der Waals surface area contributed by atoms with Crippen molar-refractivity contribution in [3.8, 4) is 0 Å². The Balaban J connectivity index is 1.94. The smallest absolute Gasteiger partial charge is 0.313 e. The Morgan fingerprint density at radius 2 is 2.28 bits per heavy atom. The number of hydrogen-bond donors (Lipinski definition) is 1. The van der Waals surface area contributed by atoms with Gasteiger partial charge in [0.15, 0.2) is 0 Å². The van der Waals surface area contributed by atoms with Crippen molar-refractivity contribution in [2.45, 2.75) is 26.4 Å². The second-order valence-corrected chi connectivity index (χ2v) is 5.01. The highest BCUT2D eigenvalue weighted by atomic mass is 19.1. The first-order valence-electron chi connectivity index (χ1n) is 6.23. The molecular formula is C14H18FNO2. The Kier molecular flexibility index (Phi) is 3.97. The third-order valence-corrected chi connectivity index (χ3v) is 3.41. The van der Waals surface area contributed by atoms with Crippen LogP contribution in [0.2, 0.25) is 0 Å². The van der Waals surface area contributed by atoms with Gasteiger partial charge in [0.05, 0.1) is 5.41 Å². The van der Waals surface area contributed by atoms with Gasteiger partial charge in [-0.15, -0.1) is 0 Å². The van der Waals surface area contributed by atoms with Gasteiger partial charge < -0.3 is 10.1 Å². The van der Waals surface area contributed by atoms with Crippen molar-refractivity contribution >= 4 is 5.97 Å². The molecule has 4 heteroatoms. The van der Waals surface area contributed by atoms with E-state index in [0.717, 1.165) is 19.4 Å². The fourth-order valence-corrected chi connectivity index (χ4v) is 2.16. The van der Waals surface area contributed by atoms with Gasteiger partial charge in [0.1, 0.15) is 12.4 Å². The van der Waals surface area contributed by atoms with Crippen LogP contribution in [-0.2, 0) is 16.1 Å². The molecule has 2 rings (SSSR count). The van der Waals surface area contributed by atoms with Gasteiger partial charge in [0.2, 0.25) is 0 Å². The minimum Gasteiger partial charge on any atom is -0.460 e. The van der Waals surface area contributed by atoms with Crippen LogP contribution in [-0.4, -0.2) is 19.1 Å². The van der Waals surface area contributed by atoms with Crippen molar-refractivity contribution in [1.82, 2.24) is 5.32 Å². The topological polar surface area (TPSA) is 38.3 Å². The second-order valence-electron chi connectivity index (χ2n) is 5.01. The summed E-state index contributed by atoms with van der Waals surface area (Å²) in [6, 6.07) is 6.35. The van der Waals surface area contributed by atoms with Gasteiger partial charge >= 0.3 is 5.97 Å². The molecule has 18 heavy (non-hydrogen) atoms. The highest BCUT2D eigenvalue weighted by Gasteiger charge is 2.36. The highest BCUT2D eigenvalue weighted by Crippen LogP contribution is 2.27. The zero-order chi connectivity index (χ0) is 13.0. The largest absolute Gasteiger partial charge is 0.460 e. The number of hydrogen-bond acceptors (Lipinski definition) is 3. The van der Waals surface area contributed by atoms with E-state index in [-0.39, 0.29) is 18.4 Å². The van der Waals surface area contributed by atoms with Crippen LogP contribution in [0, 0.1) is 11.2 Å². The first-order chi connectivity index (χ1) is 8.62. The Labute approximate surface area is 106 Å². The number of halogens is 1. The lowest BCUT2D eigenvalue weighted by atomic mass is 9.83. The van der Waals surface area contributed by atoms with Crippen LogP contribution < -0.4 is 5.32 Å². The van der Waals surface area contributed by atoms with E-state index < -0.39 is 5.41 Å². The van der Waals surface area contributed by atoms with E-state index in [1.807, 2.05) is 6.92 Å². The predicted molar refractivity (Wildman–Crippen MR) is 66.4 cm³/mol. The van der Waals surface area contributed by atoms with E-state index in [0.29, 0.717) is 12.1 Å². The fraction of sp³-hybridized carbons (Fsp3) is 0.500. The Morgan fingerprint density at radius 3 is 2.94 bits per heavy atom. The van der Waals surface area contributed by atoms with Gasteiger partial charge in [-0.25, -0.2) is 4.39 Å². The molecule has 1 aliphatic rings. The van der Waals surface area contributed by atoms with Crippen molar-refractivity contribution in [1.29, 1.82) is 0 Å². The number of esters is 1. The summed E-state index contributed by atoms with van der Waals surface area (Å²) in [6.07, 6.45) is 1.78. The average Bonchev–Trinajstić information content (AvgIpc) is 2.38. The molecule has 1 N–H and O–H groups in total. The molecule has 1 fully saturated rings. The number of carbonyl (C=O) groups is 1. The number of piperidine rings is 1. The third-order valence-electron chi connectivity index (χ3n) is 3.41. The number of rotatable bonds is 3. The molecule has 1 saturated heterocycles. The quantitative estimate of drug-likeness (QED) is 0.837. The first-order valence-corrected chi connectivity index (χ1v) is 6.23. The van der Waals surface area contributed by atoms with Crippen LogP contribution in [0.5, 0.6) is 0 Å². The average molecular weight is 251 g/mol. The maximum absolute atomic E-state index is 13.4. The molecule has 1 aliphatic heterocycles. The van der Waals surface area contributed by atoms with Crippen molar-refractivity contribution in [3.05, 3.63) is 35.6 Å². The number of ether oxygens (including phenoxy) is 1. The SMILES string of the molecule is CC1(C(=O)OCc2ccccc2F)CCCNC1. The van der Waals surface area contributed by atoms with Crippen LogP contribution in [0.25, 0.3) is 0 Å². The molecule has 1 heterocycles. The molecule has 0 amide bonds. The maximum atomic E-state index is 13.4. The third kappa shape index (κ3) is 2.88. The first kappa shape index (κ1) is 13.0. The molecule has 0 bridgehead atoms. The number of nitrogens with one attached hydrogen (secondary N) is 1. The summed E-state index contributed by atoms with van der Waals surface area (Å²) in [4.78, 5) is 12.0. The standard InChI is InChI=1S/C14H18FNO2/c1-14(7-4-8-16-10-14)13(17)18-9-11-5-2-3-6-12(11)15/h2-3,5-6,16H,4,7-10H2,1H3. The lowest BCUT2D eigenvalue weighted by molar-refractivity contribution is -0.157. The van der Waals surface area contributed by atoms with Crippen LogP contribution in [0.15, 0.2) is 24.3 Å². The normalized spacial score (nSPS) is 23.7. The molecule has 0 radical (unpaired) electrons. The van der Waals surface area contributed by atoms with Gasteiger partial charge in [-0.1, -0.05) is 18.2 Å². The zero-order valence-electron chi connectivity index (χ0n) is 10.5. The van der Waals surface area contributed by atoms with Crippen LogP contribution in [0.4, 0.5) is 4.39 Å². The summed E-state index contributed by atoms with van der Waals surface area (Å²) in [5.74, 6) is -0.588. The summed E-state index contributed by atoms with van der Waals surface area (Å²) in [6.45, 7) is 3.46. The van der Waals surface area contributed by atoms with Gasteiger partial charge in [-0.05, 0) is 32.4 Å². The van der Waals surface area contributed by atoms with E-state index in [9.17, 15) is 9.18 Å². The molecule has 0 aliphatic carbocycles. The highest BCUT2D eigenvalue weighted by molar-refractivity contribution is 5.76. The lowest BCUT2D eigenvalue weighted by Crippen LogP contribution is -2.44. The summed E-state index contributed by atoms with van der Waals surface area (Å²) in [7, 11) is 0. The summed E-state index contributed by atoms with van der Waals surface area (Å²) >= 11 is 0. The van der Waals surface area contributed by atoms with E-state index in [4.69, 9.17) is 4.74 Å². The molecule has 1 aromatic carbocycles. The Morgan fingerprint density at radius 1 is 1.50 bits per heavy atom. The van der Waals surface area contributed by atoms with E-state index in [2.05, 4.69) is 5.32 Å². The Bertz CT molecular complexity index is 428. The lowest BCUT2D eigenvalue weighted by Gasteiger charge is -2.31. The van der Waals surface area contributed by atoms with Crippen molar-refractivity contribution in [2.75, 3.05) is 13.1 Å². The zero-order valence-corrected chi connectivity index (χ0v) is 10.5. The monoisotopic (exact) mass is 251 g/mol. The fourth-order valence-electron chi connectivity index (χ4n) is 2.16. The molecule has 0 spiro atoms. The van der Waals surface area contributed by atoms with E-state index >= 15 is 0 Å². The second kappa shape index (κ2) is 5.48. The molecular weight excluding hydrogens is 233 g/mol. The summed E-state index contributed by atoms with van der Waals surface area (Å²) in [5.41, 5.74) is -0.0676. The molecule has 1 unspecified atom stereocenters. The number of benzene rings is 1. The van der Waals surface area contributed by atoms with Gasteiger partial charge in [-0.2, -0.15) is 0 Å². The van der Waals surface area contributed by atoms with E-state index in [1.165, 1.54) is 6.07 Å². The molecule has 0 saturated carbocycles. The van der Waals surface area contributed by atoms with Gasteiger partial charge in [-0.3, -0.25) is 4.79 Å². The van der Waals surface area contributed by atoms with Crippen molar-refractivity contribution in [2.24, 2.45) is 5.41 Å². The van der Waals surface area contributed by atoms with Gasteiger partial charge in [0.25, 0.3) is 0 Å². The maximum Gasteiger partial charge on any atom is 0.313 e. The van der Waals surface area contributed by atoms with E-state index in [1.54, 1.807) is 18.2 Å². The molecule has 1 aromatic rings. The molecule has 0 aromatic heterocycles. The molecule has 1 atom stereocenters. The van der Waals surface area contributed by atoms with Crippen molar-refractivity contribution < 1.29 is 13.9 Å². The number of carbonyl (C=O) groups excluding carboxylic acids is 1. The molecule has 3 nitrogen and oxygen atoms in total. The minimum absolute atomic E-state index is 0.00109.